The summed E-state index contributed by atoms with van der Waals surface area (Å²) in [6, 6.07) is 0. The topological polar surface area (TPSA) is 66.4 Å². The summed E-state index contributed by atoms with van der Waals surface area (Å²) in [5.41, 5.74) is 0. The Kier molecular flexibility index (Phi) is 9.95. The van der Waals surface area contributed by atoms with Gasteiger partial charge in [-0.3, -0.25) is 4.79 Å². The molecule has 5 nitrogen and oxygen atoms in total. The second-order valence-electron chi connectivity index (χ2n) is 6.21. The lowest BCUT2D eigenvalue weighted by atomic mass is 10.1. The molecule has 2 N–H and O–H groups in total. The monoisotopic (exact) mass is 305 g/mol. The van der Waals surface area contributed by atoms with Crippen molar-refractivity contribution in [1.29, 1.82) is 0 Å². The molecule has 124 valence electrons. The molecule has 0 aromatic rings. The molecule has 0 radical (unpaired) electrons. The van der Waals surface area contributed by atoms with Gasteiger partial charge in [-0.2, -0.15) is 0 Å². The number of unbranched alkanes of at least 4 members (excludes halogenated alkanes) is 2. The van der Waals surface area contributed by atoms with Crippen molar-refractivity contribution in [3.8, 4) is 0 Å². The molecule has 0 spiro atoms. The molecule has 0 fully saturated rings. The maximum absolute atomic E-state index is 13.5. The minimum Gasteiger partial charge on any atom is -0.477 e. The first kappa shape index (κ1) is 19.8. The largest absolute Gasteiger partial charge is 0.477 e. The maximum atomic E-state index is 13.5. The molecule has 0 aliphatic heterocycles. The molecule has 6 heteroatoms. The molecule has 0 aliphatic carbocycles. The van der Waals surface area contributed by atoms with Crippen LogP contribution in [0.4, 0.5) is 4.39 Å². The highest BCUT2D eigenvalue weighted by atomic mass is 19.1. The lowest BCUT2D eigenvalue weighted by Gasteiger charge is -2.27. The Hall–Kier alpha value is -1.17. The van der Waals surface area contributed by atoms with Gasteiger partial charge in [0.25, 0.3) is 0 Å². The van der Waals surface area contributed by atoms with E-state index in [9.17, 15) is 14.0 Å². The van der Waals surface area contributed by atoms with Crippen molar-refractivity contribution in [3.05, 3.63) is 0 Å². The highest BCUT2D eigenvalue weighted by Gasteiger charge is 2.19. The van der Waals surface area contributed by atoms with Gasteiger partial charge >= 0.3 is 5.97 Å². The number of hydrogen-bond donors (Lipinski definition) is 2. The Balaban J connectivity index is 3.72. The summed E-state index contributed by atoms with van der Waals surface area (Å²) in [4.78, 5) is 22.2. The first-order valence-electron chi connectivity index (χ1n) is 7.71. The minimum absolute atomic E-state index is 0.0535. The molecular formula is C15H30FN2O3+. The van der Waals surface area contributed by atoms with Gasteiger partial charge in [-0.25, -0.2) is 9.18 Å². The minimum atomic E-state index is -1.06. The van der Waals surface area contributed by atoms with Crippen molar-refractivity contribution in [2.75, 3.05) is 33.7 Å². The molecule has 0 heterocycles. The van der Waals surface area contributed by atoms with E-state index in [1.807, 2.05) is 14.1 Å². The van der Waals surface area contributed by atoms with Crippen LogP contribution in [0.5, 0.6) is 0 Å². The van der Waals surface area contributed by atoms with Crippen LogP contribution < -0.4 is 5.32 Å². The highest BCUT2D eigenvalue weighted by Crippen LogP contribution is 2.09. The molecule has 0 aliphatic rings. The molecule has 21 heavy (non-hydrogen) atoms. The number of carboxylic acids is 1. The van der Waals surface area contributed by atoms with Crippen LogP contribution in [0.2, 0.25) is 0 Å². The Morgan fingerprint density at radius 2 is 1.90 bits per heavy atom. The van der Waals surface area contributed by atoms with Crippen LogP contribution in [0.15, 0.2) is 0 Å². The average Bonchev–Trinajstić information content (AvgIpc) is 2.33. The number of hydrogen-bond acceptors (Lipinski definition) is 2. The van der Waals surface area contributed by atoms with Gasteiger partial charge in [0.05, 0.1) is 27.1 Å². The Morgan fingerprint density at radius 3 is 2.48 bits per heavy atom. The third-order valence-corrected chi connectivity index (χ3v) is 3.35. The third kappa shape index (κ3) is 12.3. The van der Waals surface area contributed by atoms with E-state index in [4.69, 9.17) is 5.11 Å². The predicted octanol–water partition coefficient (Wildman–Crippen LogP) is 1.96. The maximum Gasteiger partial charge on any atom is 0.359 e. The SMILES string of the molecule is CCCCCC(F)CC(=O)NCCC[N+](C)(C)CC(=O)O. The van der Waals surface area contributed by atoms with Crippen LogP contribution in [0.25, 0.3) is 0 Å². The van der Waals surface area contributed by atoms with E-state index in [1.54, 1.807) is 0 Å². The van der Waals surface area contributed by atoms with E-state index in [-0.39, 0.29) is 18.9 Å². The number of likely N-dealkylation sites (N-methyl/N-ethyl adjacent to an activating group) is 1. The normalized spacial score (nSPS) is 13.0. The van der Waals surface area contributed by atoms with Crippen molar-refractivity contribution in [2.45, 2.75) is 51.6 Å². The Morgan fingerprint density at radius 1 is 1.24 bits per heavy atom. The number of halogens is 1. The Labute approximate surface area is 127 Å². The number of nitrogens with zero attached hydrogens (tertiary/aromatic N) is 1. The lowest BCUT2D eigenvalue weighted by molar-refractivity contribution is -0.883. The van der Waals surface area contributed by atoms with Crippen molar-refractivity contribution in [2.24, 2.45) is 0 Å². The summed E-state index contributed by atoms with van der Waals surface area (Å²) in [6.07, 6.45) is 2.86. The first-order valence-corrected chi connectivity index (χ1v) is 7.71. The summed E-state index contributed by atoms with van der Waals surface area (Å²) >= 11 is 0. The molecule has 1 atom stereocenters. The van der Waals surface area contributed by atoms with E-state index >= 15 is 0 Å². The molecule has 0 rings (SSSR count). The van der Waals surface area contributed by atoms with Crippen molar-refractivity contribution < 1.29 is 23.6 Å². The van der Waals surface area contributed by atoms with Gasteiger partial charge in [0.2, 0.25) is 5.91 Å². The molecule has 0 saturated heterocycles. The van der Waals surface area contributed by atoms with E-state index in [0.29, 0.717) is 30.4 Å². The second-order valence-corrected chi connectivity index (χ2v) is 6.21. The Bertz CT molecular complexity index is 322. The number of carbonyl (C=O) groups excluding carboxylic acids is 1. The van der Waals surface area contributed by atoms with Gasteiger partial charge in [-0.05, 0) is 6.42 Å². The first-order chi connectivity index (χ1) is 9.76. The second kappa shape index (κ2) is 10.5. The fourth-order valence-electron chi connectivity index (χ4n) is 2.17. The van der Waals surface area contributed by atoms with Gasteiger partial charge in [-0.15, -0.1) is 0 Å². The quantitative estimate of drug-likeness (QED) is 0.428. The molecule has 1 amide bonds. The molecule has 0 bridgehead atoms. The number of carbonyl (C=O) groups is 2. The fourth-order valence-corrected chi connectivity index (χ4v) is 2.17. The van der Waals surface area contributed by atoms with Crippen molar-refractivity contribution >= 4 is 11.9 Å². The average molecular weight is 305 g/mol. The van der Waals surface area contributed by atoms with E-state index in [2.05, 4.69) is 12.2 Å². The summed E-state index contributed by atoms with van der Waals surface area (Å²) in [5, 5.41) is 11.4. The summed E-state index contributed by atoms with van der Waals surface area (Å²) in [6.45, 7) is 3.23. The van der Waals surface area contributed by atoms with Crippen LogP contribution in [-0.4, -0.2) is 61.4 Å². The number of carboxylic acid groups (broad SMARTS) is 1. The number of alkyl halides is 1. The van der Waals surface area contributed by atoms with Crippen LogP contribution >= 0.6 is 0 Å². The summed E-state index contributed by atoms with van der Waals surface area (Å²) in [7, 11) is 3.67. The van der Waals surface area contributed by atoms with Gasteiger partial charge in [-0.1, -0.05) is 26.2 Å². The zero-order valence-electron chi connectivity index (χ0n) is 13.5. The number of nitrogens with one attached hydrogen (secondary N) is 1. The van der Waals surface area contributed by atoms with Crippen LogP contribution in [0.3, 0.4) is 0 Å². The number of aliphatic carboxylic acids is 1. The molecule has 0 aromatic carbocycles. The summed E-state index contributed by atoms with van der Waals surface area (Å²) < 4.78 is 13.9. The van der Waals surface area contributed by atoms with Gasteiger partial charge < -0.3 is 14.9 Å². The van der Waals surface area contributed by atoms with Gasteiger partial charge in [0.15, 0.2) is 6.54 Å². The third-order valence-electron chi connectivity index (χ3n) is 3.35. The van der Waals surface area contributed by atoms with E-state index in [1.165, 1.54) is 0 Å². The molecule has 0 saturated carbocycles. The highest BCUT2D eigenvalue weighted by molar-refractivity contribution is 5.76. The predicted molar refractivity (Wildman–Crippen MR) is 80.8 cm³/mol. The zero-order chi connectivity index (χ0) is 16.3. The summed E-state index contributed by atoms with van der Waals surface area (Å²) in [5.74, 6) is -1.10. The van der Waals surface area contributed by atoms with Crippen molar-refractivity contribution in [3.63, 3.8) is 0 Å². The molecule has 0 aromatic heterocycles. The van der Waals surface area contributed by atoms with Crippen LogP contribution in [0.1, 0.15) is 45.4 Å². The molecule has 1 unspecified atom stereocenters. The van der Waals surface area contributed by atoms with Crippen LogP contribution in [0, 0.1) is 0 Å². The smallest absolute Gasteiger partial charge is 0.359 e. The fraction of sp³-hybridized carbons (Fsp3) is 0.867. The van der Waals surface area contributed by atoms with Gasteiger partial charge in [0.1, 0.15) is 6.17 Å². The van der Waals surface area contributed by atoms with Crippen molar-refractivity contribution in [1.82, 2.24) is 5.32 Å². The standard InChI is InChI=1S/C15H29FN2O3/c1-4-5-6-8-13(16)11-14(19)17-9-7-10-18(2,3)12-15(20)21/h13H,4-12H2,1-3H3,(H-,17,19,20,21)/p+1. The number of amides is 1. The number of quaternary nitrogens is 1. The van der Waals surface area contributed by atoms with E-state index in [0.717, 1.165) is 19.3 Å². The van der Waals surface area contributed by atoms with Crippen LogP contribution in [-0.2, 0) is 9.59 Å². The zero-order valence-corrected chi connectivity index (χ0v) is 13.5. The lowest BCUT2D eigenvalue weighted by Crippen LogP contribution is -2.45. The molecular weight excluding hydrogens is 275 g/mol. The number of rotatable bonds is 12. The van der Waals surface area contributed by atoms with E-state index < -0.39 is 12.1 Å². The van der Waals surface area contributed by atoms with Gasteiger partial charge in [0, 0.05) is 13.0 Å².